The van der Waals surface area contributed by atoms with E-state index in [-0.39, 0.29) is 18.0 Å². The number of carbonyl (C=O) groups is 2. The predicted molar refractivity (Wildman–Crippen MR) is 129 cm³/mol. The van der Waals surface area contributed by atoms with Gasteiger partial charge in [-0.05, 0) is 41.0 Å². The van der Waals surface area contributed by atoms with E-state index in [9.17, 15) is 9.59 Å². The number of nitrogens with zero attached hydrogens (tertiary/aromatic N) is 1. The van der Waals surface area contributed by atoms with Gasteiger partial charge in [0.15, 0.2) is 5.13 Å². The molecule has 0 saturated heterocycles. The maximum atomic E-state index is 12.9. The second-order valence-electron chi connectivity index (χ2n) is 7.73. The van der Waals surface area contributed by atoms with Crippen molar-refractivity contribution in [3.63, 3.8) is 0 Å². The zero-order valence-electron chi connectivity index (χ0n) is 17.5. The van der Waals surface area contributed by atoms with Crippen LogP contribution < -0.4 is 5.32 Å². The van der Waals surface area contributed by atoms with Crippen LogP contribution in [0.25, 0.3) is 0 Å². The zero-order valence-corrected chi connectivity index (χ0v) is 19.0. The van der Waals surface area contributed by atoms with Gasteiger partial charge in [-0.1, -0.05) is 60.1 Å². The smallest absolute Gasteiger partial charge is 0.339 e. The Kier molecular flexibility index (Phi) is 5.94. The van der Waals surface area contributed by atoms with Crippen LogP contribution in [0.1, 0.15) is 48.4 Å². The molecule has 7 heteroatoms. The lowest BCUT2D eigenvalue weighted by Gasteiger charge is -2.25. The number of carbonyl (C=O) groups excluding carboxylic acids is 2. The van der Waals surface area contributed by atoms with Crippen LogP contribution >= 0.6 is 22.9 Å². The first-order valence-corrected chi connectivity index (χ1v) is 11.6. The molecule has 0 saturated carbocycles. The van der Waals surface area contributed by atoms with Gasteiger partial charge in [-0.15, -0.1) is 11.3 Å². The lowest BCUT2D eigenvalue weighted by Crippen LogP contribution is -2.23. The number of thiazole rings is 1. The van der Waals surface area contributed by atoms with E-state index < -0.39 is 0 Å². The van der Waals surface area contributed by atoms with Crippen LogP contribution in [0.2, 0.25) is 5.02 Å². The molecule has 1 atom stereocenters. The summed E-state index contributed by atoms with van der Waals surface area (Å²) in [5.74, 6) is -0.646. The maximum absolute atomic E-state index is 12.9. The summed E-state index contributed by atoms with van der Waals surface area (Å²) >= 11 is 7.65. The number of aromatic nitrogens is 1. The number of hydrogen-bond donors (Lipinski definition) is 1. The summed E-state index contributed by atoms with van der Waals surface area (Å²) in [7, 11) is 0. The third-order valence-corrected chi connectivity index (χ3v) is 6.79. The van der Waals surface area contributed by atoms with Crippen molar-refractivity contribution in [1.82, 2.24) is 4.98 Å². The van der Waals surface area contributed by atoms with Gasteiger partial charge in [-0.3, -0.25) is 10.1 Å². The standard InChI is InChI=1S/C26H19ClN2O3S/c27-22-9-5-4-8-17(22)13-20-15-28-26(33-20)29-24(30)18-10-11-21-19(12-18)14-23(32-25(21)31)16-6-2-1-3-7-16/h1-12,15,23H,13-14H2,(H,28,29,30)/t23-/m0/s1. The van der Waals surface area contributed by atoms with Crippen LogP contribution in [-0.4, -0.2) is 16.9 Å². The highest BCUT2D eigenvalue weighted by atomic mass is 35.5. The fraction of sp³-hybridized carbons (Fsp3) is 0.115. The van der Waals surface area contributed by atoms with Gasteiger partial charge in [0, 0.05) is 34.5 Å². The van der Waals surface area contributed by atoms with Crippen LogP contribution in [0.3, 0.4) is 0 Å². The molecule has 5 nitrogen and oxygen atoms in total. The summed E-state index contributed by atoms with van der Waals surface area (Å²) in [6, 6.07) is 22.3. The van der Waals surface area contributed by atoms with Gasteiger partial charge < -0.3 is 4.74 Å². The molecule has 33 heavy (non-hydrogen) atoms. The molecule has 164 valence electrons. The Labute approximate surface area is 200 Å². The van der Waals surface area contributed by atoms with Crippen LogP contribution in [0.5, 0.6) is 0 Å². The minimum atomic E-state index is -0.374. The molecule has 1 aliphatic rings. The molecule has 1 aliphatic heterocycles. The normalized spacial score (nSPS) is 14.9. The lowest BCUT2D eigenvalue weighted by molar-refractivity contribution is 0.0252. The third-order valence-electron chi connectivity index (χ3n) is 5.51. The summed E-state index contributed by atoms with van der Waals surface area (Å²) in [6.45, 7) is 0. The Morgan fingerprint density at radius 2 is 1.88 bits per heavy atom. The van der Waals surface area contributed by atoms with Gasteiger partial charge in [-0.2, -0.15) is 0 Å². The van der Waals surface area contributed by atoms with Crippen molar-refractivity contribution in [2.45, 2.75) is 18.9 Å². The number of hydrogen-bond acceptors (Lipinski definition) is 5. The number of anilines is 1. The van der Waals surface area contributed by atoms with Crippen molar-refractivity contribution in [1.29, 1.82) is 0 Å². The fourth-order valence-electron chi connectivity index (χ4n) is 3.84. The quantitative estimate of drug-likeness (QED) is 0.355. The molecule has 0 unspecified atom stereocenters. The molecular formula is C26H19ClN2O3S. The molecule has 0 radical (unpaired) electrons. The highest BCUT2D eigenvalue weighted by Gasteiger charge is 2.28. The monoisotopic (exact) mass is 474 g/mol. The van der Waals surface area contributed by atoms with Crippen molar-refractivity contribution in [2.24, 2.45) is 0 Å². The van der Waals surface area contributed by atoms with E-state index in [0.29, 0.717) is 34.1 Å². The Morgan fingerprint density at radius 3 is 2.70 bits per heavy atom. The number of fused-ring (bicyclic) bond motifs is 1. The second kappa shape index (κ2) is 9.17. The number of amides is 1. The van der Waals surface area contributed by atoms with Crippen LogP contribution in [0.15, 0.2) is 79.0 Å². The molecule has 5 rings (SSSR count). The van der Waals surface area contributed by atoms with E-state index >= 15 is 0 Å². The first-order valence-electron chi connectivity index (χ1n) is 10.4. The van der Waals surface area contributed by atoms with E-state index in [1.165, 1.54) is 11.3 Å². The van der Waals surface area contributed by atoms with Crippen LogP contribution in [0.4, 0.5) is 5.13 Å². The number of benzene rings is 3. The number of ether oxygens (including phenoxy) is 1. The van der Waals surface area contributed by atoms with Crippen molar-refractivity contribution in [3.05, 3.63) is 117 Å². The lowest BCUT2D eigenvalue weighted by atomic mass is 9.93. The summed E-state index contributed by atoms with van der Waals surface area (Å²) in [5, 5.41) is 4.08. The number of halogens is 1. The summed E-state index contributed by atoms with van der Waals surface area (Å²) < 4.78 is 5.60. The average Bonchev–Trinajstić information content (AvgIpc) is 3.27. The summed E-state index contributed by atoms with van der Waals surface area (Å²) in [6.07, 6.45) is 2.55. The number of cyclic esters (lactones) is 1. The number of esters is 1. The molecule has 0 spiro atoms. The van der Waals surface area contributed by atoms with Crippen LogP contribution in [0, 0.1) is 0 Å². The Hall–Kier alpha value is -3.48. The number of nitrogens with one attached hydrogen (secondary N) is 1. The molecule has 2 heterocycles. The fourth-order valence-corrected chi connectivity index (χ4v) is 4.87. The van der Waals surface area contributed by atoms with Gasteiger partial charge in [0.25, 0.3) is 5.91 Å². The van der Waals surface area contributed by atoms with Gasteiger partial charge in [0.05, 0.1) is 5.56 Å². The molecular weight excluding hydrogens is 456 g/mol. The minimum absolute atomic E-state index is 0.272. The Balaban J connectivity index is 1.31. The SMILES string of the molecule is O=C(Nc1ncc(Cc2ccccc2Cl)s1)c1ccc2c(c1)C[C@@H](c1ccccc1)OC2=O. The topological polar surface area (TPSA) is 68.3 Å². The molecule has 3 aromatic carbocycles. The highest BCUT2D eigenvalue weighted by Crippen LogP contribution is 2.31. The van der Waals surface area contributed by atoms with E-state index in [1.807, 2.05) is 54.6 Å². The highest BCUT2D eigenvalue weighted by molar-refractivity contribution is 7.15. The molecule has 0 bridgehead atoms. The Bertz CT molecular complexity index is 1340. The van der Waals surface area contributed by atoms with Gasteiger partial charge in [-0.25, -0.2) is 9.78 Å². The van der Waals surface area contributed by atoms with E-state index in [1.54, 1.807) is 24.4 Å². The zero-order chi connectivity index (χ0) is 22.8. The van der Waals surface area contributed by atoms with Crippen LogP contribution in [-0.2, 0) is 17.6 Å². The molecule has 1 N–H and O–H groups in total. The molecule has 0 aliphatic carbocycles. The van der Waals surface area contributed by atoms with Crippen molar-refractivity contribution >= 4 is 39.9 Å². The summed E-state index contributed by atoms with van der Waals surface area (Å²) in [4.78, 5) is 30.7. The summed E-state index contributed by atoms with van der Waals surface area (Å²) in [5.41, 5.74) is 3.70. The van der Waals surface area contributed by atoms with E-state index in [4.69, 9.17) is 16.3 Å². The largest absolute Gasteiger partial charge is 0.454 e. The van der Waals surface area contributed by atoms with Gasteiger partial charge in [0.1, 0.15) is 6.10 Å². The first kappa shape index (κ1) is 21.4. The van der Waals surface area contributed by atoms with Gasteiger partial charge in [0.2, 0.25) is 0 Å². The molecule has 4 aromatic rings. The first-order chi connectivity index (χ1) is 16.1. The average molecular weight is 475 g/mol. The molecule has 1 amide bonds. The second-order valence-corrected chi connectivity index (χ2v) is 9.26. The van der Waals surface area contributed by atoms with Crippen molar-refractivity contribution in [3.8, 4) is 0 Å². The Morgan fingerprint density at radius 1 is 1.09 bits per heavy atom. The van der Waals surface area contributed by atoms with Gasteiger partial charge >= 0.3 is 5.97 Å². The molecule has 1 aromatic heterocycles. The van der Waals surface area contributed by atoms with E-state index in [2.05, 4.69) is 10.3 Å². The predicted octanol–water partition coefficient (Wildman–Crippen LogP) is 6.09. The van der Waals surface area contributed by atoms with Crippen molar-refractivity contribution in [2.75, 3.05) is 5.32 Å². The maximum Gasteiger partial charge on any atom is 0.339 e. The minimum Gasteiger partial charge on any atom is -0.454 e. The molecule has 0 fully saturated rings. The van der Waals surface area contributed by atoms with Crippen molar-refractivity contribution < 1.29 is 14.3 Å². The number of rotatable bonds is 5. The van der Waals surface area contributed by atoms with E-state index in [0.717, 1.165) is 21.6 Å². The third kappa shape index (κ3) is 4.67.